The van der Waals surface area contributed by atoms with E-state index in [-0.39, 0.29) is 23.5 Å². The second-order valence-corrected chi connectivity index (χ2v) is 6.72. The molecular weight excluding hydrogens is 267 g/mol. The van der Waals surface area contributed by atoms with E-state index in [1.54, 1.807) is 24.1 Å². The Kier molecular flexibility index (Phi) is 4.55. The van der Waals surface area contributed by atoms with Gasteiger partial charge in [0.25, 0.3) is 5.91 Å². The molecule has 0 atom stereocenters. The Bertz CT molecular complexity index is 518. The lowest BCUT2D eigenvalue weighted by atomic mass is 9.75. The maximum atomic E-state index is 13.8. The minimum Gasteiger partial charge on any atom is -0.385 e. The van der Waals surface area contributed by atoms with E-state index < -0.39 is 0 Å². The average molecular weight is 292 g/mol. The van der Waals surface area contributed by atoms with E-state index >= 15 is 0 Å². The molecule has 3 nitrogen and oxygen atoms in total. The van der Waals surface area contributed by atoms with Crippen LogP contribution < -0.4 is 5.32 Å². The average Bonchev–Trinajstić information content (AvgIpc) is 2.45. The SMILES string of the molecule is CNc1c(F)cccc1C(=O)N(C)C1CCC(C)(C)CC1. The van der Waals surface area contributed by atoms with Gasteiger partial charge in [0.05, 0.1) is 11.3 Å². The van der Waals surface area contributed by atoms with E-state index in [2.05, 4.69) is 19.2 Å². The molecule has 1 aliphatic carbocycles. The molecule has 0 saturated heterocycles. The Labute approximate surface area is 126 Å². The number of amides is 1. The normalized spacial score (nSPS) is 18.3. The minimum absolute atomic E-state index is 0.108. The molecule has 1 amide bonds. The van der Waals surface area contributed by atoms with Gasteiger partial charge in [0, 0.05) is 20.1 Å². The van der Waals surface area contributed by atoms with Gasteiger partial charge in [0.15, 0.2) is 0 Å². The first-order chi connectivity index (χ1) is 9.85. The van der Waals surface area contributed by atoms with E-state index in [9.17, 15) is 9.18 Å². The molecule has 21 heavy (non-hydrogen) atoms. The summed E-state index contributed by atoms with van der Waals surface area (Å²) in [5.41, 5.74) is 1.06. The largest absolute Gasteiger partial charge is 0.385 e. The summed E-state index contributed by atoms with van der Waals surface area (Å²) < 4.78 is 13.8. The van der Waals surface area contributed by atoms with Crippen LogP contribution in [0, 0.1) is 11.2 Å². The van der Waals surface area contributed by atoms with Crippen molar-refractivity contribution < 1.29 is 9.18 Å². The van der Waals surface area contributed by atoms with Crippen molar-refractivity contribution in [1.29, 1.82) is 0 Å². The van der Waals surface area contributed by atoms with Gasteiger partial charge in [-0.05, 0) is 43.2 Å². The summed E-state index contributed by atoms with van der Waals surface area (Å²) in [5.74, 6) is -0.495. The van der Waals surface area contributed by atoms with Gasteiger partial charge in [-0.15, -0.1) is 0 Å². The molecule has 0 bridgehead atoms. The lowest BCUT2D eigenvalue weighted by Crippen LogP contribution is -2.41. The molecule has 0 spiro atoms. The van der Waals surface area contributed by atoms with Crippen LogP contribution in [0.3, 0.4) is 0 Å². The summed E-state index contributed by atoms with van der Waals surface area (Å²) in [6.45, 7) is 4.55. The number of nitrogens with one attached hydrogen (secondary N) is 1. The fourth-order valence-corrected chi connectivity index (χ4v) is 3.08. The number of halogens is 1. The van der Waals surface area contributed by atoms with E-state index in [1.807, 2.05) is 7.05 Å². The number of benzene rings is 1. The number of hydrogen-bond acceptors (Lipinski definition) is 2. The fourth-order valence-electron chi connectivity index (χ4n) is 3.08. The van der Waals surface area contributed by atoms with Gasteiger partial charge in [0.2, 0.25) is 0 Å². The molecule has 1 aromatic rings. The molecule has 1 fully saturated rings. The first-order valence-corrected chi connectivity index (χ1v) is 7.59. The van der Waals surface area contributed by atoms with E-state index in [0.717, 1.165) is 25.7 Å². The predicted molar refractivity (Wildman–Crippen MR) is 84.1 cm³/mol. The number of carbonyl (C=O) groups is 1. The zero-order chi connectivity index (χ0) is 15.6. The van der Waals surface area contributed by atoms with Gasteiger partial charge in [-0.25, -0.2) is 4.39 Å². The number of anilines is 1. The van der Waals surface area contributed by atoms with E-state index in [0.29, 0.717) is 11.0 Å². The first-order valence-electron chi connectivity index (χ1n) is 7.59. The summed E-state index contributed by atoms with van der Waals surface area (Å²) in [7, 11) is 3.47. The molecular formula is C17H25FN2O. The van der Waals surface area contributed by atoms with Crippen molar-refractivity contribution in [3.8, 4) is 0 Å². The summed E-state index contributed by atoms with van der Waals surface area (Å²) in [4.78, 5) is 14.4. The Balaban J connectivity index is 2.15. The Morgan fingerprint density at radius 3 is 2.52 bits per heavy atom. The van der Waals surface area contributed by atoms with Crippen molar-refractivity contribution in [2.24, 2.45) is 5.41 Å². The second kappa shape index (κ2) is 6.04. The number of carbonyl (C=O) groups excluding carboxylic acids is 1. The molecule has 2 rings (SSSR count). The molecule has 1 aromatic carbocycles. The maximum Gasteiger partial charge on any atom is 0.256 e. The Morgan fingerprint density at radius 2 is 1.95 bits per heavy atom. The van der Waals surface area contributed by atoms with Crippen molar-refractivity contribution in [2.45, 2.75) is 45.6 Å². The summed E-state index contributed by atoms with van der Waals surface area (Å²) in [5, 5.41) is 2.79. The molecule has 0 aliphatic heterocycles. The van der Waals surface area contributed by atoms with Gasteiger partial charge < -0.3 is 10.2 Å². The molecule has 1 N–H and O–H groups in total. The van der Waals surface area contributed by atoms with Crippen molar-refractivity contribution in [3.05, 3.63) is 29.6 Å². The van der Waals surface area contributed by atoms with Crippen LogP contribution in [0.15, 0.2) is 18.2 Å². The van der Waals surface area contributed by atoms with Crippen LogP contribution in [0.5, 0.6) is 0 Å². The van der Waals surface area contributed by atoms with Crippen LogP contribution in [-0.2, 0) is 0 Å². The van der Waals surface area contributed by atoms with Gasteiger partial charge in [-0.3, -0.25) is 4.79 Å². The molecule has 0 radical (unpaired) electrons. The molecule has 4 heteroatoms. The maximum absolute atomic E-state index is 13.8. The Morgan fingerprint density at radius 1 is 1.33 bits per heavy atom. The van der Waals surface area contributed by atoms with E-state index in [4.69, 9.17) is 0 Å². The van der Waals surface area contributed by atoms with Gasteiger partial charge in [0.1, 0.15) is 5.82 Å². The molecule has 0 heterocycles. The van der Waals surface area contributed by atoms with Crippen molar-refractivity contribution in [2.75, 3.05) is 19.4 Å². The van der Waals surface area contributed by atoms with Crippen molar-refractivity contribution in [3.63, 3.8) is 0 Å². The second-order valence-electron chi connectivity index (χ2n) is 6.72. The molecule has 1 saturated carbocycles. The van der Waals surface area contributed by atoms with Crippen molar-refractivity contribution in [1.82, 2.24) is 4.90 Å². The van der Waals surface area contributed by atoms with Crippen LogP contribution in [-0.4, -0.2) is 30.9 Å². The van der Waals surface area contributed by atoms with Crippen molar-refractivity contribution >= 4 is 11.6 Å². The van der Waals surface area contributed by atoms with E-state index in [1.165, 1.54) is 6.07 Å². The first kappa shape index (κ1) is 15.8. The van der Waals surface area contributed by atoms with Crippen LogP contribution in [0.1, 0.15) is 49.9 Å². The third-order valence-corrected chi connectivity index (χ3v) is 4.67. The standard InChI is InChI=1S/C17H25FN2O/c1-17(2)10-8-12(9-11-17)20(4)16(21)13-6-5-7-14(18)15(13)19-3/h5-7,12,19H,8-11H2,1-4H3. The molecule has 0 aromatic heterocycles. The molecule has 116 valence electrons. The lowest BCUT2D eigenvalue weighted by Gasteiger charge is -2.38. The van der Waals surface area contributed by atoms with Gasteiger partial charge in [-0.2, -0.15) is 0 Å². The van der Waals surface area contributed by atoms with Crippen LogP contribution in [0.25, 0.3) is 0 Å². The number of nitrogens with zero attached hydrogens (tertiary/aromatic N) is 1. The highest BCUT2D eigenvalue weighted by Gasteiger charge is 2.31. The zero-order valence-electron chi connectivity index (χ0n) is 13.4. The molecule has 1 aliphatic rings. The predicted octanol–water partition coefficient (Wildman–Crippen LogP) is 3.91. The third-order valence-electron chi connectivity index (χ3n) is 4.67. The van der Waals surface area contributed by atoms with Crippen LogP contribution in [0.2, 0.25) is 0 Å². The van der Waals surface area contributed by atoms with Gasteiger partial charge in [-0.1, -0.05) is 19.9 Å². The third kappa shape index (κ3) is 3.36. The summed E-state index contributed by atoms with van der Waals surface area (Å²) >= 11 is 0. The van der Waals surface area contributed by atoms with Crippen LogP contribution in [0.4, 0.5) is 10.1 Å². The summed E-state index contributed by atoms with van der Waals surface area (Å²) in [6, 6.07) is 4.88. The zero-order valence-corrected chi connectivity index (χ0v) is 13.4. The quantitative estimate of drug-likeness (QED) is 0.916. The topological polar surface area (TPSA) is 32.3 Å². The molecule has 0 unspecified atom stereocenters. The fraction of sp³-hybridized carbons (Fsp3) is 0.588. The monoisotopic (exact) mass is 292 g/mol. The number of para-hydroxylation sites is 1. The van der Waals surface area contributed by atoms with Crippen LogP contribution >= 0.6 is 0 Å². The summed E-state index contributed by atoms with van der Waals surface area (Å²) in [6.07, 6.45) is 4.27. The number of hydrogen-bond donors (Lipinski definition) is 1. The lowest BCUT2D eigenvalue weighted by molar-refractivity contribution is 0.0636. The minimum atomic E-state index is -0.387. The highest BCUT2D eigenvalue weighted by atomic mass is 19.1. The van der Waals surface area contributed by atoms with Gasteiger partial charge >= 0.3 is 0 Å². The highest BCUT2D eigenvalue weighted by Crippen LogP contribution is 2.37. The highest BCUT2D eigenvalue weighted by molar-refractivity contribution is 5.99. The number of rotatable bonds is 3. The smallest absolute Gasteiger partial charge is 0.256 e. The Hall–Kier alpha value is -1.58.